The molecule has 1 aliphatic carbocycles. The normalized spacial score (nSPS) is 18.2. The second-order valence-corrected chi connectivity index (χ2v) is 9.15. The molecule has 1 atom stereocenters. The van der Waals surface area contributed by atoms with Crippen molar-refractivity contribution in [3.63, 3.8) is 0 Å². The quantitative estimate of drug-likeness (QED) is 0.465. The molecule has 0 amide bonds. The first-order chi connectivity index (χ1) is 10.9. The van der Waals surface area contributed by atoms with Crippen LogP contribution < -0.4 is 5.56 Å². The predicted octanol–water partition coefficient (Wildman–Crippen LogP) is 4.52. The Morgan fingerprint density at radius 1 is 1.48 bits per heavy atom. The largest absolute Gasteiger partial charge is 0.283 e. The zero-order valence-electron chi connectivity index (χ0n) is 14.3. The molecular formula is C18H24N2OS2. The van der Waals surface area contributed by atoms with Crippen LogP contribution >= 0.6 is 23.1 Å². The Kier molecular flexibility index (Phi) is 4.45. The standard InChI is InChI=1S/C18H24N2OS2/c1-6-9-20-16(21)14-12-8-7-11(18(2,3)4)10-13(12)23-15(14)19-17(20)22-5/h6,11H,1,7-10H2,2-5H3/t11-/m0/s1. The number of hydrogen-bond acceptors (Lipinski definition) is 4. The number of aryl methyl sites for hydroxylation is 1. The molecule has 0 aromatic carbocycles. The lowest BCUT2D eigenvalue weighted by Gasteiger charge is -2.33. The first kappa shape index (κ1) is 16.8. The lowest BCUT2D eigenvalue weighted by Crippen LogP contribution is -2.27. The highest BCUT2D eigenvalue weighted by Crippen LogP contribution is 2.42. The number of nitrogens with zero attached hydrogens (tertiary/aromatic N) is 2. The summed E-state index contributed by atoms with van der Waals surface area (Å²) < 4.78 is 1.75. The zero-order valence-corrected chi connectivity index (χ0v) is 15.9. The Bertz CT molecular complexity index is 811. The Morgan fingerprint density at radius 3 is 2.83 bits per heavy atom. The van der Waals surface area contributed by atoms with Gasteiger partial charge in [0.15, 0.2) is 5.16 Å². The van der Waals surface area contributed by atoms with Gasteiger partial charge in [-0.25, -0.2) is 4.98 Å². The summed E-state index contributed by atoms with van der Waals surface area (Å²) in [6, 6.07) is 0. The molecule has 2 heterocycles. The van der Waals surface area contributed by atoms with Gasteiger partial charge < -0.3 is 0 Å². The molecule has 0 aliphatic heterocycles. The van der Waals surface area contributed by atoms with E-state index in [4.69, 9.17) is 4.98 Å². The third-order valence-corrected chi connectivity index (χ3v) is 6.68. The minimum absolute atomic E-state index is 0.103. The van der Waals surface area contributed by atoms with E-state index in [-0.39, 0.29) is 5.56 Å². The number of thioether (sulfide) groups is 1. The van der Waals surface area contributed by atoms with Crippen LogP contribution in [0.2, 0.25) is 0 Å². The van der Waals surface area contributed by atoms with Crippen LogP contribution in [0.5, 0.6) is 0 Å². The van der Waals surface area contributed by atoms with Crippen LogP contribution in [0, 0.1) is 11.3 Å². The van der Waals surface area contributed by atoms with Gasteiger partial charge in [0.1, 0.15) is 4.83 Å². The van der Waals surface area contributed by atoms with Crippen LogP contribution in [0.15, 0.2) is 22.6 Å². The maximum Gasteiger partial charge on any atom is 0.263 e. The van der Waals surface area contributed by atoms with Crippen molar-refractivity contribution in [3.05, 3.63) is 33.4 Å². The smallest absolute Gasteiger partial charge is 0.263 e. The highest BCUT2D eigenvalue weighted by atomic mass is 32.2. The van der Waals surface area contributed by atoms with Gasteiger partial charge in [-0.3, -0.25) is 9.36 Å². The Balaban J connectivity index is 2.17. The van der Waals surface area contributed by atoms with E-state index in [1.54, 1.807) is 22.0 Å². The van der Waals surface area contributed by atoms with E-state index >= 15 is 0 Å². The van der Waals surface area contributed by atoms with Gasteiger partial charge in [0, 0.05) is 11.4 Å². The summed E-state index contributed by atoms with van der Waals surface area (Å²) in [7, 11) is 0. The average Bonchev–Trinajstić information content (AvgIpc) is 2.86. The van der Waals surface area contributed by atoms with E-state index in [0.29, 0.717) is 17.9 Å². The van der Waals surface area contributed by atoms with Crippen molar-refractivity contribution in [1.29, 1.82) is 0 Å². The number of aromatic nitrogens is 2. The summed E-state index contributed by atoms with van der Waals surface area (Å²) in [4.78, 5) is 20.0. The van der Waals surface area contributed by atoms with Crippen molar-refractivity contribution in [2.24, 2.45) is 11.3 Å². The summed E-state index contributed by atoms with van der Waals surface area (Å²) in [5.74, 6) is 0.679. The van der Waals surface area contributed by atoms with Crippen molar-refractivity contribution in [1.82, 2.24) is 9.55 Å². The fourth-order valence-corrected chi connectivity index (χ4v) is 5.33. The number of hydrogen-bond donors (Lipinski definition) is 0. The highest BCUT2D eigenvalue weighted by molar-refractivity contribution is 7.98. The lowest BCUT2D eigenvalue weighted by atomic mass is 9.72. The molecule has 5 heteroatoms. The first-order valence-corrected chi connectivity index (χ1v) is 10.1. The van der Waals surface area contributed by atoms with Gasteiger partial charge in [0.25, 0.3) is 5.56 Å². The van der Waals surface area contributed by atoms with E-state index in [9.17, 15) is 4.79 Å². The van der Waals surface area contributed by atoms with Gasteiger partial charge in [-0.2, -0.15) is 0 Å². The minimum Gasteiger partial charge on any atom is -0.283 e. The Morgan fingerprint density at radius 2 is 2.22 bits per heavy atom. The molecule has 1 aliphatic rings. The van der Waals surface area contributed by atoms with Crippen LogP contribution in [0.4, 0.5) is 0 Å². The molecule has 0 fully saturated rings. The Labute approximate surface area is 145 Å². The monoisotopic (exact) mass is 348 g/mol. The molecule has 2 aromatic rings. The van der Waals surface area contributed by atoms with Crippen LogP contribution in [0.1, 0.15) is 37.6 Å². The summed E-state index contributed by atoms with van der Waals surface area (Å²) in [6.07, 6.45) is 6.98. The summed E-state index contributed by atoms with van der Waals surface area (Å²) in [6.45, 7) is 11.2. The second-order valence-electron chi connectivity index (χ2n) is 7.29. The maximum atomic E-state index is 13.0. The lowest BCUT2D eigenvalue weighted by molar-refractivity contribution is 0.218. The van der Waals surface area contributed by atoms with E-state index < -0.39 is 0 Å². The minimum atomic E-state index is 0.103. The maximum absolute atomic E-state index is 13.0. The number of fused-ring (bicyclic) bond motifs is 3. The molecule has 3 nitrogen and oxygen atoms in total. The first-order valence-electron chi connectivity index (χ1n) is 8.06. The fraction of sp³-hybridized carbons (Fsp3) is 0.556. The summed E-state index contributed by atoms with van der Waals surface area (Å²) in [5, 5.41) is 1.64. The SMILES string of the molecule is C=CCn1c(SC)nc2sc3c(c2c1=O)CC[C@H](C(C)(C)C)C3. The fourth-order valence-electron chi connectivity index (χ4n) is 3.43. The molecule has 2 aromatic heterocycles. The molecule has 0 saturated heterocycles. The molecule has 0 bridgehead atoms. The number of thiophene rings is 1. The zero-order chi connectivity index (χ0) is 16.8. The predicted molar refractivity (Wildman–Crippen MR) is 101 cm³/mol. The van der Waals surface area contributed by atoms with Crippen LogP contribution in [-0.2, 0) is 19.4 Å². The molecular weight excluding hydrogens is 324 g/mol. The molecule has 0 radical (unpaired) electrons. The molecule has 23 heavy (non-hydrogen) atoms. The van der Waals surface area contributed by atoms with Gasteiger partial charge in [-0.15, -0.1) is 17.9 Å². The highest BCUT2D eigenvalue weighted by Gasteiger charge is 2.32. The molecule has 3 rings (SSSR count). The van der Waals surface area contributed by atoms with Gasteiger partial charge in [0.05, 0.1) is 5.39 Å². The van der Waals surface area contributed by atoms with E-state index in [1.807, 2.05) is 6.26 Å². The third-order valence-electron chi connectivity index (χ3n) is 4.85. The van der Waals surface area contributed by atoms with E-state index in [0.717, 1.165) is 34.6 Å². The number of rotatable bonds is 3. The second kappa shape index (κ2) is 6.10. The topological polar surface area (TPSA) is 34.9 Å². The van der Waals surface area contributed by atoms with Crippen molar-refractivity contribution in [2.75, 3.05) is 6.26 Å². The van der Waals surface area contributed by atoms with Crippen LogP contribution in [0.25, 0.3) is 10.2 Å². The third kappa shape index (κ3) is 2.89. The van der Waals surface area contributed by atoms with Crippen molar-refractivity contribution in [3.8, 4) is 0 Å². The van der Waals surface area contributed by atoms with Gasteiger partial charge in [0.2, 0.25) is 0 Å². The molecule has 0 N–H and O–H groups in total. The van der Waals surface area contributed by atoms with Gasteiger partial charge >= 0.3 is 0 Å². The van der Waals surface area contributed by atoms with E-state index in [1.165, 1.54) is 22.2 Å². The van der Waals surface area contributed by atoms with Crippen molar-refractivity contribution < 1.29 is 0 Å². The van der Waals surface area contributed by atoms with E-state index in [2.05, 4.69) is 27.4 Å². The number of allylic oxidation sites excluding steroid dienone is 1. The van der Waals surface area contributed by atoms with Crippen molar-refractivity contribution >= 4 is 33.3 Å². The molecule has 0 spiro atoms. The van der Waals surface area contributed by atoms with Crippen molar-refractivity contribution in [2.45, 2.75) is 51.7 Å². The molecule has 0 unspecified atom stereocenters. The van der Waals surface area contributed by atoms with Gasteiger partial charge in [-0.05, 0) is 42.4 Å². The molecule has 0 saturated carbocycles. The average molecular weight is 349 g/mol. The summed E-state index contributed by atoms with van der Waals surface area (Å²) in [5.41, 5.74) is 1.67. The molecule has 124 valence electrons. The van der Waals surface area contributed by atoms with Gasteiger partial charge in [-0.1, -0.05) is 38.6 Å². The van der Waals surface area contributed by atoms with Crippen LogP contribution in [0.3, 0.4) is 0 Å². The van der Waals surface area contributed by atoms with Crippen LogP contribution in [-0.4, -0.2) is 15.8 Å². The Hall–Kier alpha value is -1.07. The summed E-state index contributed by atoms with van der Waals surface area (Å²) >= 11 is 3.25.